The minimum absolute atomic E-state index is 0.470. The van der Waals surface area contributed by atoms with E-state index >= 15 is 0 Å². The van der Waals surface area contributed by atoms with Crippen molar-refractivity contribution >= 4 is 17.4 Å². The standard InChI is InChI=1S/C14H20ClN3/c15-12-3-4-13(17-9-12)18-8-2-6-14(11-18)5-1-7-16-10-14/h3-4,9,16H,1-2,5-8,10-11H2. The molecule has 3 nitrogen and oxygen atoms in total. The third-order valence-electron chi connectivity index (χ3n) is 4.26. The first-order chi connectivity index (χ1) is 8.77. The molecule has 1 spiro atoms. The molecular weight excluding hydrogens is 246 g/mol. The van der Waals surface area contributed by atoms with Gasteiger partial charge in [0.2, 0.25) is 0 Å². The largest absolute Gasteiger partial charge is 0.356 e. The summed E-state index contributed by atoms with van der Waals surface area (Å²) in [5.74, 6) is 1.07. The maximum atomic E-state index is 5.90. The van der Waals surface area contributed by atoms with Crippen molar-refractivity contribution in [2.75, 3.05) is 31.1 Å². The van der Waals surface area contributed by atoms with Crippen LogP contribution in [0.2, 0.25) is 5.02 Å². The first kappa shape index (κ1) is 12.2. The van der Waals surface area contributed by atoms with Crippen molar-refractivity contribution in [1.82, 2.24) is 10.3 Å². The number of rotatable bonds is 1. The van der Waals surface area contributed by atoms with Crippen LogP contribution in [0.1, 0.15) is 25.7 Å². The molecule has 2 saturated heterocycles. The summed E-state index contributed by atoms with van der Waals surface area (Å²) in [6.07, 6.45) is 7.03. The Morgan fingerprint density at radius 1 is 1.28 bits per heavy atom. The molecule has 2 aliphatic heterocycles. The zero-order valence-corrected chi connectivity index (χ0v) is 11.4. The summed E-state index contributed by atoms with van der Waals surface area (Å²) in [7, 11) is 0. The molecule has 1 aromatic rings. The molecular formula is C14H20ClN3. The Kier molecular flexibility index (Phi) is 3.44. The molecule has 1 unspecified atom stereocenters. The number of hydrogen-bond acceptors (Lipinski definition) is 3. The monoisotopic (exact) mass is 265 g/mol. The van der Waals surface area contributed by atoms with Crippen LogP contribution in [0.4, 0.5) is 5.82 Å². The SMILES string of the molecule is Clc1ccc(N2CCCC3(CCCNC3)C2)nc1. The molecule has 18 heavy (non-hydrogen) atoms. The molecule has 4 heteroatoms. The lowest BCUT2D eigenvalue weighted by atomic mass is 9.74. The molecule has 1 aromatic heterocycles. The Morgan fingerprint density at radius 2 is 2.17 bits per heavy atom. The van der Waals surface area contributed by atoms with E-state index in [1.807, 2.05) is 12.1 Å². The van der Waals surface area contributed by atoms with Gasteiger partial charge in [-0.05, 0) is 44.4 Å². The maximum Gasteiger partial charge on any atom is 0.128 e. The average Bonchev–Trinajstić information content (AvgIpc) is 2.40. The van der Waals surface area contributed by atoms with Gasteiger partial charge in [0, 0.05) is 31.2 Å². The molecule has 0 aromatic carbocycles. The van der Waals surface area contributed by atoms with E-state index in [1.165, 1.54) is 32.2 Å². The van der Waals surface area contributed by atoms with Crippen molar-refractivity contribution in [2.24, 2.45) is 5.41 Å². The minimum atomic E-state index is 0.470. The number of halogens is 1. The van der Waals surface area contributed by atoms with Gasteiger partial charge in [0.1, 0.15) is 5.82 Å². The third-order valence-corrected chi connectivity index (χ3v) is 4.48. The van der Waals surface area contributed by atoms with Crippen molar-refractivity contribution in [3.05, 3.63) is 23.4 Å². The molecule has 0 bridgehead atoms. The van der Waals surface area contributed by atoms with Crippen molar-refractivity contribution in [2.45, 2.75) is 25.7 Å². The Labute approximate surface area is 114 Å². The summed E-state index contributed by atoms with van der Waals surface area (Å²) in [5, 5.41) is 4.27. The predicted molar refractivity (Wildman–Crippen MR) is 75.2 cm³/mol. The van der Waals surface area contributed by atoms with E-state index in [-0.39, 0.29) is 0 Å². The second-order valence-electron chi connectivity index (χ2n) is 5.64. The topological polar surface area (TPSA) is 28.2 Å². The Bertz CT molecular complexity index is 392. The number of hydrogen-bond donors (Lipinski definition) is 1. The number of pyridine rings is 1. The maximum absolute atomic E-state index is 5.90. The van der Waals surface area contributed by atoms with Crippen molar-refractivity contribution in [1.29, 1.82) is 0 Å². The highest BCUT2D eigenvalue weighted by atomic mass is 35.5. The quantitative estimate of drug-likeness (QED) is 0.846. The van der Waals surface area contributed by atoms with Crippen molar-refractivity contribution in [3.8, 4) is 0 Å². The fraction of sp³-hybridized carbons (Fsp3) is 0.643. The first-order valence-corrected chi connectivity index (χ1v) is 7.23. The molecule has 1 N–H and O–H groups in total. The molecule has 0 amide bonds. The lowest BCUT2D eigenvalue weighted by molar-refractivity contribution is 0.173. The van der Waals surface area contributed by atoms with E-state index in [4.69, 9.17) is 11.6 Å². The molecule has 0 aliphatic carbocycles. The van der Waals surface area contributed by atoms with Crippen LogP contribution in [0.5, 0.6) is 0 Å². The van der Waals surface area contributed by atoms with Crippen molar-refractivity contribution < 1.29 is 0 Å². The summed E-state index contributed by atoms with van der Waals surface area (Å²) < 4.78 is 0. The number of nitrogens with zero attached hydrogens (tertiary/aromatic N) is 2. The van der Waals surface area contributed by atoms with Gasteiger partial charge in [0.25, 0.3) is 0 Å². The fourth-order valence-corrected chi connectivity index (χ4v) is 3.45. The van der Waals surface area contributed by atoms with Crippen LogP contribution in [0, 0.1) is 5.41 Å². The van der Waals surface area contributed by atoms with Crippen LogP contribution in [0.15, 0.2) is 18.3 Å². The second kappa shape index (κ2) is 5.06. The molecule has 2 fully saturated rings. The Morgan fingerprint density at radius 3 is 2.89 bits per heavy atom. The third kappa shape index (κ3) is 2.47. The summed E-state index contributed by atoms with van der Waals surface area (Å²) in [5.41, 5.74) is 0.470. The fourth-order valence-electron chi connectivity index (χ4n) is 3.34. The van der Waals surface area contributed by atoms with Gasteiger partial charge in [-0.1, -0.05) is 11.6 Å². The zero-order chi connectivity index (χ0) is 12.4. The van der Waals surface area contributed by atoms with E-state index < -0.39 is 0 Å². The van der Waals surface area contributed by atoms with E-state index in [1.54, 1.807) is 6.20 Å². The van der Waals surface area contributed by atoms with Crippen molar-refractivity contribution in [3.63, 3.8) is 0 Å². The van der Waals surface area contributed by atoms with E-state index in [2.05, 4.69) is 15.2 Å². The molecule has 2 aliphatic rings. The van der Waals surface area contributed by atoms with Gasteiger partial charge >= 0.3 is 0 Å². The number of aromatic nitrogens is 1. The van der Waals surface area contributed by atoms with Crippen LogP contribution in [-0.4, -0.2) is 31.2 Å². The van der Waals surface area contributed by atoms with Gasteiger partial charge in [-0.3, -0.25) is 0 Å². The zero-order valence-electron chi connectivity index (χ0n) is 10.7. The van der Waals surface area contributed by atoms with Crippen LogP contribution in [0.25, 0.3) is 0 Å². The van der Waals surface area contributed by atoms with Gasteiger partial charge in [0.15, 0.2) is 0 Å². The van der Waals surface area contributed by atoms with Gasteiger partial charge in [-0.25, -0.2) is 4.98 Å². The van der Waals surface area contributed by atoms with E-state index in [0.717, 1.165) is 25.5 Å². The number of anilines is 1. The lowest BCUT2D eigenvalue weighted by Gasteiger charge is -2.45. The van der Waals surface area contributed by atoms with Crippen LogP contribution in [0.3, 0.4) is 0 Å². The van der Waals surface area contributed by atoms with E-state index in [0.29, 0.717) is 10.4 Å². The molecule has 1 atom stereocenters. The lowest BCUT2D eigenvalue weighted by Crippen LogP contribution is -2.51. The normalized spacial score (nSPS) is 28.6. The van der Waals surface area contributed by atoms with Gasteiger partial charge in [-0.2, -0.15) is 0 Å². The summed E-state index contributed by atoms with van der Waals surface area (Å²) in [6, 6.07) is 3.97. The minimum Gasteiger partial charge on any atom is -0.356 e. The highest BCUT2D eigenvalue weighted by Gasteiger charge is 2.36. The van der Waals surface area contributed by atoms with Crippen LogP contribution < -0.4 is 10.2 Å². The van der Waals surface area contributed by atoms with Gasteiger partial charge in [-0.15, -0.1) is 0 Å². The van der Waals surface area contributed by atoms with Crippen LogP contribution in [-0.2, 0) is 0 Å². The smallest absolute Gasteiger partial charge is 0.128 e. The number of nitrogens with one attached hydrogen (secondary N) is 1. The first-order valence-electron chi connectivity index (χ1n) is 6.85. The molecule has 0 saturated carbocycles. The highest BCUT2D eigenvalue weighted by Crippen LogP contribution is 2.37. The molecule has 3 rings (SSSR count). The van der Waals surface area contributed by atoms with E-state index in [9.17, 15) is 0 Å². The summed E-state index contributed by atoms with van der Waals surface area (Å²) in [4.78, 5) is 6.88. The van der Waals surface area contributed by atoms with Gasteiger partial charge < -0.3 is 10.2 Å². The number of piperidine rings is 2. The second-order valence-corrected chi connectivity index (χ2v) is 6.08. The highest BCUT2D eigenvalue weighted by molar-refractivity contribution is 6.30. The van der Waals surface area contributed by atoms with Gasteiger partial charge in [0.05, 0.1) is 5.02 Å². The molecule has 3 heterocycles. The van der Waals surface area contributed by atoms with Crippen LogP contribution >= 0.6 is 11.6 Å². The average molecular weight is 266 g/mol. The molecule has 0 radical (unpaired) electrons. The molecule has 98 valence electrons. The predicted octanol–water partition coefficient (Wildman–Crippen LogP) is 2.71. The summed E-state index contributed by atoms with van der Waals surface area (Å²) >= 11 is 5.90. The summed E-state index contributed by atoms with van der Waals surface area (Å²) in [6.45, 7) is 4.60. The Balaban J connectivity index is 1.75. The Hall–Kier alpha value is -0.800.